The van der Waals surface area contributed by atoms with Crippen LogP contribution in [0.15, 0.2) is 18.2 Å². The van der Waals surface area contributed by atoms with E-state index in [1.54, 1.807) is 12.1 Å². The van der Waals surface area contributed by atoms with Crippen molar-refractivity contribution >= 4 is 45.0 Å². The molecule has 0 spiro atoms. The van der Waals surface area contributed by atoms with Crippen LogP contribution in [-0.2, 0) is 11.2 Å². The molecular formula is C12H12BrCl2NO. The maximum Gasteiger partial charge on any atom is 0.223 e. The zero-order chi connectivity index (χ0) is 12.4. The largest absolute Gasteiger partial charge is 0.341 e. The molecule has 92 valence electrons. The molecule has 0 bridgehead atoms. The molecule has 0 saturated carbocycles. The van der Waals surface area contributed by atoms with Crippen molar-refractivity contribution in [2.45, 2.75) is 17.7 Å². The molecule has 1 amide bonds. The van der Waals surface area contributed by atoms with E-state index in [0.717, 1.165) is 18.5 Å². The van der Waals surface area contributed by atoms with E-state index in [2.05, 4.69) is 15.9 Å². The van der Waals surface area contributed by atoms with Gasteiger partial charge in [-0.1, -0.05) is 39.1 Å². The molecule has 1 atom stereocenters. The maximum atomic E-state index is 11.6. The molecule has 1 saturated heterocycles. The van der Waals surface area contributed by atoms with Crippen molar-refractivity contribution in [1.82, 2.24) is 4.90 Å². The van der Waals surface area contributed by atoms with Gasteiger partial charge in [-0.3, -0.25) is 4.79 Å². The van der Waals surface area contributed by atoms with Gasteiger partial charge in [0.25, 0.3) is 0 Å². The molecule has 0 aromatic heterocycles. The molecule has 1 aromatic carbocycles. The summed E-state index contributed by atoms with van der Waals surface area (Å²) in [6.07, 6.45) is 1.33. The van der Waals surface area contributed by atoms with Crippen molar-refractivity contribution in [2.24, 2.45) is 0 Å². The van der Waals surface area contributed by atoms with Crippen LogP contribution in [0.1, 0.15) is 12.0 Å². The Morgan fingerprint density at radius 2 is 2.18 bits per heavy atom. The van der Waals surface area contributed by atoms with Crippen molar-refractivity contribution in [2.75, 3.05) is 13.1 Å². The fraction of sp³-hybridized carbons (Fsp3) is 0.417. The van der Waals surface area contributed by atoms with Gasteiger partial charge in [-0.05, 0) is 30.2 Å². The quantitative estimate of drug-likeness (QED) is 0.773. The number of likely N-dealkylation sites (tertiary alicyclic amines) is 1. The average molecular weight is 337 g/mol. The van der Waals surface area contributed by atoms with Crippen LogP contribution in [0.25, 0.3) is 0 Å². The Balaban J connectivity index is 1.98. The molecule has 5 heteroatoms. The number of halogens is 3. The van der Waals surface area contributed by atoms with Crippen molar-refractivity contribution in [3.8, 4) is 0 Å². The van der Waals surface area contributed by atoms with Gasteiger partial charge in [0, 0.05) is 34.4 Å². The van der Waals surface area contributed by atoms with E-state index in [-0.39, 0.29) is 10.7 Å². The highest BCUT2D eigenvalue weighted by molar-refractivity contribution is 9.09. The van der Waals surface area contributed by atoms with Gasteiger partial charge in [-0.15, -0.1) is 0 Å². The molecule has 2 rings (SSSR count). The Labute approximate surface area is 119 Å². The van der Waals surface area contributed by atoms with E-state index < -0.39 is 0 Å². The van der Waals surface area contributed by atoms with E-state index >= 15 is 0 Å². The summed E-state index contributed by atoms with van der Waals surface area (Å²) in [5, 5.41) is 1.38. The van der Waals surface area contributed by atoms with E-state index in [4.69, 9.17) is 23.2 Å². The standard InChI is InChI=1S/C12H12BrCl2NO/c13-9-6-12(17)16(7-9)4-3-8-5-10(14)1-2-11(8)15/h1-2,5,9H,3-4,6-7H2. The SMILES string of the molecule is O=C1CC(Br)CN1CCc1cc(Cl)ccc1Cl. The second kappa shape index (κ2) is 5.59. The summed E-state index contributed by atoms with van der Waals surface area (Å²) in [4.78, 5) is 13.7. The Hall–Kier alpha value is -0.250. The second-order valence-corrected chi connectivity index (χ2v) is 6.27. The van der Waals surface area contributed by atoms with Crippen LogP contribution in [0.3, 0.4) is 0 Å². The number of benzene rings is 1. The summed E-state index contributed by atoms with van der Waals surface area (Å²) >= 11 is 15.5. The first-order chi connectivity index (χ1) is 8.06. The molecule has 1 aliphatic heterocycles. The third kappa shape index (κ3) is 3.36. The fourth-order valence-corrected chi connectivity index (χ4v) is 2.96. The molecule has 1 aromatic rings. The summed E-state index contributed by atoms with van der Waals surface area (Å²) in [5.41, 5.74) is 0.991. The van der Waals surface area contributed by atoms with Crippen LogP contribution < -0.4 is 0 Å². The summed E-state index contributed by atoms with van der Waals surface area (Å²) in [6.45, 7) is 1.47. The minimum atomic E-state index is 0.199. The summed E-state index contributed by atoms with van der Waals surface area (Å²) in [7, 11) is 0. The number of alkyl halides is 1. The topological polar surface area (TPSA) is 20.3 Å². The third-order valence-corrected chi connectivity index (χ3v) is 4.04. The lowest BCUT2D eigenvalue weighted by Gasteiger charge is -2.16. The molecule has 0 N–H and O–H groups in total. The highest BCUT2D eigenvalue weighted by atomic mass is 79.9. The fourth-order valence-electron chi connectivity index (χ4n) is 1.93. The highest BCUT2D eigenvalue weighted by Gasteiger charge is 2.27. The third-order valence-electron chi connectivity index (χ3n) is 2.83. The van der Waals surface area contributed by atoms with Gasteiger partial charge in [0.2, 0.25) is 5.91 Å². The number of carbonyl (C=O) groups is 1. The van der Waals surface area contributed by atoms with Crippen molar-refractivity contribution in [3.63, 3.8) is 0 Å². The molecular weight excluding hydrogens is 325 g/mol. The summed E-state index contributed by atoms with van der Waals surface area (Å²) < 4.78 is 0. The first-order valence-electron chi connectivity index (χ1n) is 5.42. The van der Waals surface area contributed by atoms with Crippen LogP contribution >= 0.6 is 39.1 Å². The van der Waals surface area contributed by atoms with Gasteiger partial charge in [0.05, 0.1) is 0 Å². The molecule has 1 heterocycles. The lowest BCUT2D eigenvalue weighted by molar-refractivity contribution is -0.127. The number of carbonyl (C=O) groups excluding carboxylic acids is 1. The predicted molar refractivity (Wildman–Crippen MR) is 74.1 cm³/mol. The Morgan fingerprint density at radius 3 is 2.82 bits per heavy atom. The van der Waals surface area contributed by atoms with E-state index in [1.165, 1.54) is 0 Å². The van der Waals surface area contributed by atoms with Gasteiger partial charge in [-0.2, -0.15) is 0 Å². The summed E-state index contributed by atoms with van der Waals surface area (Å²) in [5.74, 6) is 0.199. The molecule has 1 aliphatic rings. The van der Waals surface area contributed by atoms with Gasteiger partial charge in [0.1, 0.15) is 0 Å². The lowest BCUT2D eigenvalue weighted by Crippen LogP contribution is -2.27. The first-order valence-corrected chi connectivity index (χ1v) is 7.09. The van der Waals surface area contributed by atoms with Crippen LogP contribution in [0.4, 0.5) is 0 Å². The van der Waals surface area contributed by atoms with Gasteiger partial charge in [-0.25, -0.2) is 0 Å². The molecule has 1 fully saturated rings. The predicted octanol–water partition coefficient (Wildman–Crippen LogP) is 3.53. The Kier molecular flexibility index (Phi) is 4.34. The zero-order valence-electron chi connectivity index (χ0n) is 9.13. The van der Waals surface area contributed by atoms with Crippen LogP contribution in [0, 0.1) is 0 Å². The van der Waals surface area contributed by atoms with Gasteiger partial charge < -0.3 is 4.90 Å². The number of hydrogen-bond acceptors (Lipinski definition) is 1. The van der Waals surface area contributed by atoms with E-state index in [0.29, 0.717) is 23.0 Å². The van der Waals surface area contributed by atoms with Crippen LogP contribution in [0.5, 0.6) is 0 Å². The monoisotopic (exact) mass is 335 g/mol. The average Bonchev–Trinajstić information content (AvgIpc) is 2.59. The molecule has 0 aliphatic carbocycles. The first kappa shape index (κ1) is 13.2. The second-order valence-electron chi connectivity index (χ2n) is 4.13. The van der Waals surface area contributed by atoms with Crippen molar-refractivity contribution in [1.29, 1.82) is 0 Å². The number of nitrogens with zero attached hydrogens (tertiary/aromatic N) is 1. The van der Waals surface area contributed by atoms with Crippen LogP contribution in [-0.4, -0.2) is 28.7 Å². The van der Waals surface area contributed by atoms with Crippen LogP contribution in [0.2, 0.25) is 10.0 Å². The zero-order valence-corrected chi connectivity index (χ0v) is 12.2. The minimum absolute atomic E-state index is 0.199. The molecule has 1 unspecified atom stereocenters. The van der Waals surface area contributed by atoms with Gasteiger partial charge >= 0.3 is 0 Å². The maximum absolute atomic E-state index is 11.6. The van der Waals surface area contributed by atoms with Crippen molar-refractivity contribution < 1.29 is 4.79 Å². The number of amides is 1. The minimum Gasteiger partial charge on any atom is -0.341 e. The van der Waals surface area contributed by atoms with E-state index in [9.17, 15) is 4.79 Å². The molecule has 0 radical (unpaired) electrons. The number of hydrogen-bond donors (Lipinski definition) is 0. The number of rotatable bonds is 3. The van der Waals surface area contributed by atoms with Gasteiger partial charge in [0.15, 0.2) is 0 Å². The normalized spacial score (nSPS) is 20.1. The highest BCUT2D eigenvalue weighted by Crippen LogP contribution is 2.23. The van der Waals surface area contributed by atoms with Crippen molar-refractivity contribution in [3.05, 3.63) is 33.8 Å². The summed E-state index contributed by atoms with van der Waals surface area (Å²) in [6, 6.07) is 5.41. The lowest BCUT2D eigenvalue weighted by atomic mass is 10.1. The Bertz CT molecular complexity index is 439. The molecule has 17 heavy (non-hydrogen) atoms. The smallest absolute Gasteiger partial charge is 0.223 e. The Morgan fingerprint density at radius 1 is 1.41 bits per heavy atom. The van der Waals surface area contributed by atoms with E-state index in [1.807, 2.05) is 11.0 Å². The molecule has 2 nitrogen and oxygen atoms in total.